The van der Waals surface area contributed by atoms with Gasteiger partial charge in [-0.2, -0.15) is 23.5 Å². The van der Waals surface area contributed by atoms with Gasteiger partial charge < -0.3 is 91.7 Å². The Labute approximate surface area is 556 Å². The number of aliphatic carboxylic acids is 2. The van der Waals surface area contributed by atoms with Crippen LogP contribution in [0.2, 0.25) is 0 Å². The molecule has 0 aliphatic carbocycles. The Kier molecular flexibility index (Phi) is 30.8. The molecule has 2 heterocycles. The van der Waals surface area contributed by atoms with E-state index in [-0.39, 0.29) is 79.8 Å². The molecule has 2 fully saturated rings. The van der Waals surface area contributed by atoms with Crippen LogP contribution in [0.5, 0.6) is 0 Å². The molecule has 2 aliphatic rings. The molecule has 2 unspecified atom stereocenters. The predicted octanol–water partition coefficient (Wildman–Crippen LogP) is -2.99. The van der Waals surface area contributed by atoms with E-state index in [1.165, 1.54) is 23.5 Å². The van der Waals surface area contributed by atoms with E-state index in [0.29, 0.717) is 23.0 Å². The number of carbonyl (C=O) groups excluding carboxylic acids is 6. The van der Waals surface area contributed by atoms with Gasteiger partial charge >= 0.3 is 41.5 Å². The first-order chi connectivity index (χ1) is 43.0. The molecule has 0 aromatic heterocycles. The summed E-state index contributed by atoms with van der Waals surface area (Å²) in [4.78, 5) is 100. The number of amides is 6. The zero-order valence-electron chi connectivity index (χ0n) is 50.4. The fraction of sp³-hybridized carbons (Fsp3) is 0.452. The molecule has 0 radical (unpaired) electrons. The maximum atomic E-state index is 13.0. The van der Waals surface area contributed by atoms with Crippen molar-refractivity contribution >= 4 is 70.9 Å². The van der Waals surface area contributed by atoms with Gasteiger partial charge in [0.25, 0.3) is 35.2 Å². The number of aliphatic hydroxyl groups excluding tert-OH is 6. The molecule has 2 aliphatic heterocycles. The summed E-state index contributed by atoms with van der Waals surface area (Å²) in [5, 5.41) is 102. The first-order valence-corrected chi connectivity index (χ1v) is 31.2. The minimum Gasteiger partial charge on any atom is -0.477 e. The summed E-state index contributed by atoms with van der Waals surface area (Å²) in [7, 11) is 0. The molecule has 2 saturated heterocycles. The Morgan fingerprint density at radius 3 is 1.20 bits per heavy atom. The summed E-state index contributed by atoms with van der Waals surface area (Å²) in [6, 6.07) is 29.5. The van der Waals surface area contributed by atoms with E-state index in [4.69, 9.17) is 18.9 Å². The smallest absolute Gasteiger partial charge is 0.477 e. The molecule has 0 spiro atoms. The van der Waals surface area contributed by atoms with Crippen molar-refractivity contribution in [2.75, 3.05) is 62.4 Å². The van der Waals surface area contributed by atoms with Gasteiger partial charge in [-0.05, 0) is 70.9 Å². The monoisotopic (exact) mass is 1310 g/mol. The molecule has 486 valence electrons. The topological polar surface area (TPSA) is 408 Å². The minimum absolute atomic E-state index is 0. The Morgan fingerprint density at radius 2 is 0.868 bits per heavy atom. The minimum atomic E-state index is -2.51. The summed E-state index contributed by atoms with van der Waals surface area (Å²) in [6.45, 7) is 1.13. The Hall–Kier alpha value is -6.50. The number of carboxylic acid groups (broad SMARTS) is 2. The third kappa shape index (κ3) is 22.6. The van der Waals surface area contributed by atoms with Gasteiger partial charge in [-0.25, -0.2) is 9.59 Å². The number of carbonyl (C=O) groups is 8. The van der Waals surface area contributed by atoms with Crippen molar-refractivity contribution in [2.24, 2.45) is 0 Å². The molecule has 29 heteroatoms. The third-order valence-electron chi connectivity index (χ3n) is 14.3. The van der Waals surface area contributed by atoms with Gasteiger partial charge in [0, 0.05) is 87.3 Å². The number of ether oxygens (including phenoxy) is 4. The van der Waals surface area contributed by atoms with Gasteiger partial charge in [0.2, 0.25) is 11.8 Å². The van der Waals surface area contributed by atoms with Crippen LogP contribution in [0.25, 0.3) is 22.3 Å². The van der Waals surface area contributed by atoms with Crippen molar-refractivity contribution in [3.8, 4) is 34.1 Å². The molecule has 12 atom stereocenters. The molecule has 14 N–H and O–H groups in total. The number of rotatable bonds is 32. The second-order valence-electron chi connectivity index (χ2n) is 21.1. The predicted molar refractivity (Wildman–Crippen MR) is 329 cm³/mol. The maximum Gasteiger partial charge on any atom is 1.00 e. The molecule has 26 nitrogen and oxygen atoms in total. The van der Waals surface area contributed by atoms with Crippen molar-refractivity contribution in [2.45, 2.75) is 112 Å². The summed E-state index contributed by atoms with van der Waals surface area (Å²) >= 11 is 2.72. The van der Waals surface area contributed by atoms with Crippen molar-refractivity contribution in [1.82, 2.24) is 31.9 Å². The van der Waals surface area contributed by atoms with Gasteiger partial charge in [-0.15, -0.1) is 0 Å². The summed E-state index contributed by atoms with van der Waals surface area (Å²) in [5.74, 6) is -6.22. The molecule has 91 heavy (non-hydrogen) atoms. The Balaban J connectivity index is 0.0000150. The van der Waals surface area contributed by atoms with Crippen molar-refractivity contribution < 1.29 is 128 Å². The normalized spacial score (nSPS) is 22.3. The first-order valence-electron chi connectivity index (χ1n) is 28.9. The van der Waals surface area contributed by atoms with Gasteiger partial charge in [-0.3, -0.25) is 28.8 Å². The molecule has 4 aromatic rings. The van der Waals surface area contributed by atoms with Gasteiger partial charge in [0.15, 0.2) is 0 Å². The van der Waals surface area contributed by atoms with E-state index in [2.05, 4.69) is 43.7 Å². The number of thioether (sulfide) groups is 2. The van der Waals surface area contributed by atoms with Crippen molar-refractivity contribution in [3.63, 3.8) is 0 Å². The number of nitrogens with one attached hydrogen (secondary N) is 6. The summed E-state index contributed by atoms with van der Waals surface area (Å²) in [5.41, 5.74) is 4.13. The number of benzene rings is 4. The van der Waals surface area contributed by atoms with Gasteiger partial charge in [0.05, 0.1) is 49.7 Å². The molecule has 6 amide bonds. The number of carboxylic acids is 2. The van der Waals surface area contributed by atoms with Crippen molar-refractivity contribution in [1.29, 1.82) is 0 Å². The molecule has 0 bridgehead atoms. The van der Waals surface area contributed by atoms with E-state index in [1.54, 1.807) is 48.5 Å². The molecule has 4 aromatic carbocycles. The van der Waals surface area contributed by atoms with Crippen LogP contribution in [0, 0.1) is 11.8 Å². The van der Waals surface area contributed by atoms with E-state index in [9.17, 15) is 79.2 Å². The van der Waals surface area contributed by atoms with Crippen LogP contribution in [0.4, 0.5) is 0 Å². The van der Waals surface area contributed by atoms with E-state index >= 15 is 0 Å². The van der Waals surface area contributed by atoms with E-state index in [0.717, 1.165) is 36.1 Å². The zero-order chi connectivity index (χ0) is 65.4. The van der Waals surface area contributed by atoms with Crippen LogP contribution < -0.4 is 61.5 Å². The molecule has 0 saturated carbocycles. The van der Waals surface area contributed by atoms with Gasteiger partial charge in [0.1, 0.15) is 24.4 Å². The maximum absolute atomic E-state index is 13.0. The SMILES string of the molecule is CC(=O)N[C@@H]1[C@@H](O)C[C@](OCCCSCCNC(=O)C#CC(=O)NCCSCCCO[C@]2(C(=O)O)C[C@H](O)[C@@H](NC(C)=O)[C@H](C(O)[C@H](O)CNC(=O)c3ccc(-c4ccccc4)cc3)O2)(C(=O)O)O[C@H]1C(O)[C@H](O)CNC(=O)c1ccc(-c2ccccc2)cc1.[Na+]. The second-order valence-corrected chi connectivity index (χ2v) is 23.5. The summed E-state index contributed by atoms with van der Waals surface area (Å²) < 4.78 is 23.0. The van der Waals surface area contributed by atoms with Gasteiger partial charge in [-0.1, -0.05) is 84.9 Å². The van der Waals surface area contributed by atoms with Crippen molar-refractivity contribution in [3.05, 3.63) is 120 Å². The summed E-state index contributed by atoms with van der Waals surface area (Å²) in [6.07, 6.45) is -14.9. The number of hydrogen-bond donors (Lipinski definition) is 14. The average molecular weight is 1310 g/mol. The zero-order valence-corrected chi connectivity index (χ0v) is 54.0. The fourth-order valence-corrected chi connectivity index (χ4v) is 11.3. The van der Waals surface area contributed by atoms with Crippen LogP contribution in [0.3, 0.4) is 0 Å². The average Bonchev–Trinajstić information content (AvgIpc) is 0.867. The van der Waals surface area contributed by atoms with Crippen LogP contribution >= 0.6 is 23.5 Å². The van der Waals surface area contributed by atoms with E-state index in [1.807, 2.05) is 60.7 Å². The van der Waals surface area contributed by atoms with Crippen LogP contribution in [-0.4, -0.2) is 223 Å². The van der Waals surface area contributed by atoms with Crippen LogP contribution in [0.1, 0.15) is 60.2 Å². The van der Waals surface area contributed by atoms with Crippen LogP contribution in [-0.2, 0) is 47.7 Å². The second kappa shape index (κ2) is 37.3. The largest absolute Gasteiger partial charge is 1.00 e. The first kappa shape index (κ1) is 75.2. The Bertz CT molecular complexity index is 2910. The molecular formula is C62H76N6NaO20S2+. The molecule has 6 rings (SSSR count). The standard InChI is InChI=1S/C62H76N6O20S2.Na/c1-37(69)67-51-45(71)33-61(59(81)82,87-55(51)53(77)47(73)35-65-57(79)43-19-15-41(16-20-43)39-11-5-3-6-12-39)85-27-9-29-89-31-25-63-49(75)23-24-50(76)64-26-32-90-30-10-28-86-62(60(83)84)34-46(72)52(68-38(2)70)56(88-62)54(78)48(74)36-66-58(80)44-21-17-42(18-22-44)40-13-7-4-8-14-40;/h3-8,11-22,45-48,51-56,71-74,77-78H,9-10,25-36H2,1-2H3,(H,63,75)(H,64,76)(H,65,79)(H,66,80)(H,67,69)(H,68,70)(H,81,82)(H,83,84);/q;+1/t45-,46-,47+,48+,51+,52+,53?,54?,55+,56+,61+,62+;/m0./s1. The van der Waals surface area contributed by atoms with E-state index < -0.39 is 146 Å². The quantitative estimate of drug-likeness (QED) is 0.0132. The van der Waals surface area contributed by atoms with Crippen LogP contribution in [0.15, 0.2) is 109 Å². The Morgan fingerprint density at radius 1 is 0.527 bits per heavy atom. The third-order valence-corrected chi connectivity index (χ3v) is 16.5. The fourth-order valence-electron chi connectivity index (χ4n) is 9.74. The number of aliphatic hydroxyl groups is 6. The molecular weight excluding hydrogens is 1240 g/mol. The number of hydrogen-bond acceptors (Lipinski definition) is 20.